The summed E-state index contributed by atoms with van der Waals surface area (Å²) in [7, 11) is 0. The first kappa shape index (κ1) is 16.2. The van der Waals surface area contributed by atoms with Crippen molar-refractivity contribution >= 4 is 17.9 Å². The Hall–Kier alpha value is -2.83. The minimum atomic E-state index is -1.17. The van der Waals surface area contributed by atoms with Gasteiger partial charge in [-0.15, -0.1) is 0 Å². The monoisotopic (exact) mass is 291 g/mol. The van der Waals surface area contributed by atoms with Crippen molar-refractivity contribution in [1.82, 2.24) is 5.32 Å². The fourth-order valence-corrected chi connectivity index (χ4v) is 1.57. The molecule has 1 rings (SSSR count). The van der Waals surface area contributed by atoms with Gasteiger partial charge in [-0.3, -0.25) is 5.41 Å². The van der Waals surface area contributed by atoms with Gasteiger partial charge in [0, 0.05) is 12.0 Å². The number of hydrogen-bond acceptors (Lipinski definition) is 4. The number of ether oxygens (including phenoxy) is 1. The molecule has 0 saturated carbocycles. The number of hydrogen-bond donors (Lipinski definition) is 4. The summed E-state index contributed by atoms with van der Waals surface area (Å²) in [6.45, 7) is 3.39. The molecule has 0 heterocycles. The second-order valence-corrected chi connectivity index (χ2v) is 4.24. The molecule has 0 radical (unpaired) electrons. The maximum absolute atomic E-state index is 11.4. The molecule has 112 valence electrons. The van der Waals surface area contributed by atoms with Crippen molar-refractivity contribution in [2.45, 2.75) is 12.5 Å². The van der Waals surface area contributed by atoms with Crippen LogP contribution in [0.3, 0.4) is 0 Å². The second kappa shape index (κ2) is 7.68. The number of amides is 1. The topological polar surface area (TPSA) is 126 Å². The normalized spacial score (nSPS) is 11.2. The van der Waals surface area contributed by atoms with Crippen LogP contribution in [0.25, 0.3) is 0 Å². The molecule has 0 aliphatic rings. The number of carboxylic acids is 1. The van der Waals surface area contributed by atoms with E-state index >= 15 is 0 Å². The molecule has 0 fully saturated rings. The van der Waals surface area contributed by atoms with E-state index in [9.17, 15) is 9.59 Å². The Morgan fingerprint density at radius 3 is 2.52 bits per heavy atom. The number of rotatable bonds is 7. The van der Waals surface area contributed by atoms with Gasteiger partial charge >= 0.3 is 12.1 Å². The van der Waals surface area contributed by atoms with Crippen LogP contribution in [0.15, 0.2) is 36.9 Å². The number of carbonyl (C=O) groups is 2. The molecule has 1 atom stereocenters. The Morgan fingerprint density at radius 2 is 2.05 bits per heavy atom. The van der Waals surface area contributed by atoms with Crippen LogP contribution in [-0.4, -0.2) is 35.7 Å². The molecular weight excluding hydrogens is 274 g/mol. The molecule has 0 aromatic heterocycles. The molecule has 1 unspecified atom stereocenters. The molecule has 0 spiro atoms. The summed E-state index contributed by atoms with van der Waals surface area (Å²) in [6.07, 6.45) is 0.662. The zero-order valence-corrected chi connectivity index (χ0v) is 11.3. The quantitative estimate of drug-likeness (QED) is 0.337. The molecule has 21 heavy (non-hydrogen) atoms. The highest BCUT2D eigenvalue weighted by Crippen LogP contribution is 2.07. The smallest absolute Gasteiger partial charge is 0.408 e. The molecule has 7 nitrogen and oxygen atoms in total. The summed E-state index contributed by atoms with van der Waals surface area (Å²) >= 11 is 0. The van der Waals surface area contributed by atoms with Crippen LogP contribution in [0.4, 0.5) is 4.79 Å². The van der Waals surface area contributed by atoms with E-state index in [2.05, 4.69) is 16.6 Å². The van der Waals surface area contributed by atoms with Gasteiger partial charge in [-0.1, -0.05) is 36.9 Å². The lowest BCUT2D eigenvalue weighted by atomic mass is 10.0. The molecule has 0 saturated heterocycles. The van der Waals surface area contributed by atoms with Gasteiger partial charge in [-0.25, -0.2) is 9.59 Å². The Bertz CT molecular complexity index is 540. The van der Waals surface area contributed by atoms with E-state index in [1.165, 1.54) is 6.08 Å². The van der Waals surface area contributed by atoms with Crippen LogP contribution in [0.1, 0.15) is 11.1 Å². The number of carboxylic acid groups (broad SMARTS) is 1. The van der Waals surface area contributed by atoms with Crippen LogP contribution < -0.4 is 11.1 Å². The SMILES string of the molecule is C=CCOC(=O)NC(Cc1ccc(C(=N)N)cc1)C(=O)O. The van der Waals surface area contributed by atoms with Gasteiger partial charge in [0.25, 0.3) is 0 Å². The lowest BCUT2D eigenvalue weighted by Crippen LogP contribution is -2.42. The highest BCUT2D eigenvalue weighted by atomic mass is 16.5. The molecule has 7 heteroatoms. The summed E-state index contributed by atoms with van der Waals surface area (Å²) in [6, 6.07) is 5.44. The number of aliphatic carboxylic acids is 1. The van der Waals surface area contributed by atoms with Crippen LogP contribution in [0, 0.1) is 5.41 Å². The predicted octanol–water partition coefficient (Wildman–Crippen LogP) is 0.879. The van der Waals surface area contributed by atoms with Crippen LogP contribution in [0.2, 0.25) is 0 Å². The number of nitrogens with two attached hydrogens (primary N) is 1. The van der Waals surface area contributed by atoms with Crippen molar-refractivity contribution < 1.29 is 19.4 Å². The second-order valence-electron chi connectivity index (χ2n) is 4.24. The summed E-state index contributed by atoms with van der Waals surface area (Å²) in [5.41, 5.74) is 6.57. The van der Waals surface area contributed by atoms with Crippen molar-refractivity contribution in [3.05, 3.63) is 48.0 Å². The maximum atomic E-state index is 11.4. The van der Waals surface area contributed by atoms with Crippen LogP contribution in [-0.2, 0) is 16.0 Å². The Kier molecular flexibility index (Phi) is 5.94. The molecule has 0 bridgehead atoms. The van der Waals surface area contributed by atoms with Gasteiger partial charge < -0.3 is 20.9 Å². The molecule has 1 amide bonds. The van der Waals surface area contributed by atoms with Crippen molar-refractivity contribution in [3.63, 3.8) is 0 Å². The third-order valence-electron chi connectivity index (χ3n) is 2.63. The largest absolute Gasteiger partial charge is 0.480 e. The average Bonchev–Trinajstić information content (AvgIpc) is 2.44. The van der Waals surface area contributed by atoms with E-state index in [1.807, 2.05) is 0 Å². The average molecular weight is 291 g/mol. The number of benzene rings is 1. The van der Waals surface area contributed by atoms with E-state index < -0.39 is 18.1 Å². The van der Waals surface area contributed by atoms with Crippen LogP contribution in [0.5, 0.6) is 0 Å². The summed E-state index contributed by atoms with van der Waals surface area (Å²) < 4.78 is 4.68. The first-order chi connectivity index (χ1) is 9.93. The van der Waals surface area contributed by atoms with Crippen molar-refractivity contribution in [3.8, 4) is 0 Å². The Labute approximate surface area is 121 Å². The molecule has 0 aliphatic heterocycles. The molecular formula is C14H17N3O4. The lowest BCUT2D eigenvalue weighted by Gasteiger charge is -2.14. The minimum absolute atomic E-state index is 0.00544. The highest BCUT2D eigenvalue weighted by Gasteiger charge is 2.21. The fourth-order valence-electron chi connectivity index (χ4n) is 1.57. The maximum Gasteiger partial charge on any atom is 0.408 e. The number of nitrogens with one attached hydrogen (secondary N) is 2. The van der Waals surface area contributed by atoms with Gasteiger partial charge in [0.05, 0.1) is 0 Å². The standard InChI is InChI=1S/C14H17N3O4/c1-2-7-21-14(20)17-11(13(18)19)8-9-3-5-10(6-4-9)12(15)16/h2-6,11H,1,7-8H2,(H3,15,16)(H,17,20)(H,18,19). The van der Waals surface area contributed by atoms with E-state index in [1.54, 1.807) is 24.3 Å². The third kappa shape index (κ3) is 5.35. The first-order valence-electron chi connectivity index (χ1n) is 6.14. The van der Waals surface area contributed by atoms with Crippen molar-refractivity contribution in [2.75, 3.05) is 6.61 Å². The highest BCUT2D eigenvalue weighted by molar-refractivity contribution is 5.94. The predicted molar refractivity (Wildman–Crippen MR) is 77.3 cm³/mol. The number of amidine groups is 1. The van der Waals surface area contributed by atoms with Gasteiger partial charge in [-0.05, 0) is 5.56 Å². The number of nitrogen functional groups attached to an aromatic ring is 1. The minimum Gasteiger partial charge on any atom is -0.480 e. The van der Waals surface area contributed by atoms with E-state index in [4.69, 9.17) is 16.2 Å². The zero-order valence-electron chi connectivity index (χ0n) is 11.3. The van der Waals surface area contributed by atoms with Crippen LogP contribution >= 0.6 is 0 Å². The van der Waals surface area contributed by atoms with Crippen molar-refractivity contribution in [1.29, 1.82) is 5.41 Å². The van der Waals surface area contributed by atoms with Gasteiger partial charge in [-0.2, -0.15) is 0 Å². The summed E-state index contributed by atoms with van der Waals surface area (Å²) in [5.74, 6) is -1.23. The summed E-state index contributed by atoms with van der Waals surface area (Å²) in [4.78, 5) is 22.5. The lowest BCUT2D eigenvalue weighted by molar-refractivity contribution is -0.139. The molecule has 1 aromatic rings. The molecule has 1 aromatic carbocycles. The van der Waals surface area contributed by atoms with Gasteiger partial charge in [0.2, 0.25) is 0 Å². The first-order valence-corrected chi connectivity index (χ1v) is 6.14. The molecule has 5 N–H and O–H groups in total. The Balaban J connectivity index is 2.69. The van der Waals surface area contributed by atoms with Gasteiger partial charge in [0.1, 0.15) is 18.5 Å². The fraction of sp³-hybridized carbons (Fsp3) is 0.214. The van der Waals surface area contributed by atoms with Crippen molar-refractivity contribution in [2.24, 2.45) is 5.73 Å². The van der Waals surface area contributed by atoms with E-state index in [0.717, 1.165) is 0 Å². The Morgan fingerprint density at radius 1 is 1.43 bits per heavy atom. The van der Waals surface area contributed by atoms with E-state index in [0.29, 0.717) is 11.1 Å². The number of alkyl carbamates (subject to hydrolysis) is 1. The number of carbonyl (C=O) groups excluding carboxylic acids is 1. The third-order valence-corrected chi connectivity index (χ3v) is 2.63. The molecule has 0 aliphatic carbocycles. The summed E-state index contributed by atoms with van der Waals surface area (Å²) in [5, 5.41) is 18.6. The van der Waals surface area contributed by atoms with E-state index in [-0.39, 0.29) is 18.9 Å². The zero-order chi connectivity index (χ0) is 15.8. The van der Waals surface area contributed by atoms with Gasteiger partial charge in [0.15, 0.2) is 0 Å².